The second-order valence-corrected chi connectivity index (χ2v) is 5.32. The van der Waals surface area contributed by atoms with E-state index in [0.29, 0.717) is 28.3 Å². The fraction of sp³-hybridized carbons (Fsp3) is 0.357. The largest absolute Gasteiger partial charge is 0.384 e. The highest BCUT2D eigenvalue weighted by Gasteiger charge is 2.20. The summed E-state index contributed by atoms with van der Waals surface area (Å²) in [5.74, 6) is 1.60. The molecule has 0 aromatic carbocycles. The molecule has 1 aliphatic rings. The van der Waals surface area contributed by atoms with Crippen LogP contribution >= 0.6 is 11.6 Å². The summed E-state index contributed by atoms with van der Waals surface area (Å²) in [6.45, 7) is 0. The van der Waals surface area contributed by atoms with Crippen molar-refractivity contribution in [2.24, 2.45) is 0 Å². The maximum Gasteiger partial charge on any atom is 0.180 e. The highest BCUT2D eigenvalue weighted by atomic mass is 35.5. The van der Waals surface area contributed by atoms with E-state index in [4.69, 9.17) is 17.3 Å². The fourth-order valence-electron chi connectivity index (χ4n) is 2.54. The molecule has 0 bridgehead atoms. The Balaban J connectivity index is 1.99. The number of anilines is 1. The van der Waals surface area contributed by atoms with Crippen LogP contribution in [-0.2, 0) is 0 Å². The predicted octanol–water partition coefficient (Wildman–Crippen LogP) is 3.43. The normalized spacial score (nSPS) is 15.8. The van der Waals surface area contributed by atoms with E-state index >= 15 is 0 Å². The quantitative estimate of drug-likeness (QED) is 0.911. The van der Waals surface area contributed by atoms with Gasteiger partial charge in [-0.15, -0.1) is 0 Å². The number of nitrogen functional groups attached to an aromatic ring is 1. The number of pyridine rings is 1. The molecule has 98 valence electrons. The third-order valence-electron chi connectivity index (χ3n) is 3.50. The van der Waals surface area contributed by atoms with Gasteiger partial charge in [-0.2, -0.15) is 0 Å². The molecule has 0 saturated heterocycles. The Morgan fingerprint density at radius 3 is 2.63 bits per heavy atom. The summed E-state index contributed by atoms with van der Waals surface area (Å²) in [5, 5.41) is 0.601. The number of hydrogen-bond donors (Lipinski definition) is 1. The van der Waals surface area contributed by atoms with Gasteiger partial charge in [-0.3, -0.25) is 4.98 Å². The molecule has 2 aromatic rings. The first-order valence-corrected chi connectivity index (χ1v) is 6.86. The van der Waals surface area contributed by atoms with Crippen LogP contribution in [0.3, 0.4) is 0 Å². The maximum absolute atomic E-state index is 5.89. The second-order valence-electron chi connectivity index (χ2n) is 4.88. The van der Waals surface area contributed by atoms with Crippen LogP contribution in [0, 0.1) is 0 Å². The number of nitrogens with zero attached hydrogens (tertiary/aromatic N) is 3. The van der Waals surface area contributed by atoms with Gasteiger partial charge in [0.05, 0.1) is 5.02 Å². The number of rotatable bonds is 2. The van der Waals surface area contributed by atoms with Crippen molar-refractivity contribution in [2.45, 2.75) is 31.6 Å². The van der Waals surface area contributed by atoms with E-state index in [2.05, 4.69) is 15.0 Å². The van der Waals surface area contributed by atoms with E-state index in [-0.39, 0.29) is 0 Å². The Bertz CT molecular complexity index is 576. The Kier molecular flexibility index (Phi) is 3.34. The van der Waals surface area contributed by atoms with Crippen LogP contribution in [0.5, 0.6) is 0 Å². The van der Waals surface area contributed by atoms with Crippen LogP contribution in [0.1, 0.15) is 37.3 Å². The first-order chi connectivity index (χ1) is 9.22. The highest BCUT2D eigenvalue weighted by Crippen LogP contribution is 2.34. The molecule has 3 rings (SSSR count). The molecule has 2 heterocycles. The minimum Gasteiger partial charge on any atom is -0.384 e. The lowest BCUT2D eigenvalue weighted by molar-refractivity contribution is 0.696. The lowest BCUT2D eigenvalue weighted by Gasteiger charge is -2.10. The first kappa shape index (κ1) is 12.4. The van der Waals surface area contributed by atoms with Gasteiger partial charge in [0.1, 0.15) is 11.5 Å². The van der Waals surface area contributed by atoms with Gasteiger partial charge in [-0.25, -0.2) is 9.97 Å². The van der Waals surface area contributed by atoms with Crippen LogP contribution in [0.2, 0.25) is 5.02 Å². The van der Waals surface area contributed by atoms with Gasteiger partial charge in [0.2, 0.25) is 0 Å². The molecule has 0 aliphatic heterocycles. The average molecular weight is 275 g/mol. The number of aromatic nitrogens is 3. The van der Waals surface area contributed by atoms with Gasteiger partial charge < -0.3 is 5.73 Å². The molecule has 2 aromatic heterocycles. The van der Waals surface area contributed by atoms with Crippen molar-refractivity contribution in [1.82, 2.24) is 15.0 Å². The zero-order valence-electron chi connectivity index (χ0n) is 10.5. The molecule has 0 spiro atoms. The molecule has 1 saturated carbocycles. The average Bonchev–Trinajstić information content (AvgIpc) is 2.93. The van der Waals surface area contributed by atoms with Crippen molar-refractivity contribution in [3.63, 3.8) is 0 Å². The highest BCUT2D eigenvalue weighted by molar-refractivity contribution is 6.30. The molecule has 5 heteroatoms. The number of nitrogens with two attached hydrogens (primary N) is 1. The summed E-state index contributed by atoms with van der Waals surface area (Å²) in [6.07, 6.45) is 6.50. The van der Waals surface area contributed by atoms with Gasteiger partial charge in [-0.1, -0.05) is 24.4 Å². The third-order valence-corrected chi connectivity index (χ3v) is 3.72. The molecule has 2 N–H and O–H groups in total. The van der Waals surface area contributed by atoms with Gasteiger partial charge in [0.25, 0.3) is 0 Å². The van der Waals surface area contributed by atoms with Gasteiger partial charge >= 0.3 is 0 Å². The van der Waals surface area contributed by atoms with E-state index in [0.717, 1.165) is 5.69 Å². The number of halogens is 1. The molecular weight excluding hydrogens is 260 g/mol. The van der Waals surface area contributed by atoms with E-state index in [9.17, 15) is 0 Å². The second kappa shape index (κ2) is 5.13. The molecule has 4 nitrogen and oxygen atoms in total. The summed E-state index contributed by atoms with van der Waals surface area (Å²) in [4.78, 5) is 13.1. The van der Waals surface area contributed by atoms with Crippen LogP contribution in [0.4, 0.5) is 5.82 Å². The molecular formula is C14H15ClN4. The fourth-order valence-corrected chi connectivity index (χ4v) is 2.65. The SMILES string of the molecule is Nc1cc(C2CCCC2)nc(-c2ccc(Cl)cn2)n1. The summed E-state index contributed by atoms with van der Waals surface area (Å²) >= 11 is 5.84. The van der Waals surface area contributed by atoms with Crippen LogP contribution in [-0.4, -0.2) is 15.0 Å². The van der Waals surface area contributed by atoms with Gasteiger partial charge in [-0.05, 0) is 25.0 Å². The first-order valence-electron chi connectivity index (χ1n) is 6.49. The van der Waals surface area contributed by atoms with E-state index in [1.165, 1.54) is 25.7 Å². The van der Waals surface area contributed by atoms with Crippen molar-refractivity contribution >= 4 is 17.4 Å². The monoisotopic (exact) mass is 274 g/mol. The molecule has 0 unspecified atom stereocenters. The molecule has 0 atom stereocenters. The van der Waals surface area contributed by atoms with E-state index < -0.39 is 0 Å². The van der Waals surface area contributed by atoms with E-state index in [1.807, 2.05) is 12.1 Å². The molecule has 0 amide bonds. The van der Waals surface area contributed by atoms with Crippen molar-refractivity contribution < 1.29 is 0 Å². The summed E-state index contributed by atoms with van der Waals surface area (Å²) in [5.41, 5.74) is 7.63. The van der Waals surface area contributed by atoms with E-state index in [1.54, 1.807) is 12.3 Å². The molecule has 0 radical (unpaired) electrons. The van der Waals surface area contributed by atoms with Gasteiger partial charge in [0.15, 0.2) is 5.82 Å². The zero-order valence-corrected chi connectivity index (χ0v) is 11.3. The zero-order chi connectivity index (χ0) is 13.2. The van der Waals surface area contributed by atoms with Crippen molar-refractivity contribution in [3.05, 3.63) is 35.1 Å². The topological polar surface area (TPSA) is 64.7 Å². The van der Waals surface area contributed by atoms with Crippen LogP contribution in [0.15, 0.2) is 24.4 Å². The Morgan fingerprint density at radius 1 is 1.16 bits per heavy atom. The van der Waals surface area contributed by atoms with Gasteiger partial charge in [0, 0.05) is 23.9 Å². The minimum absolute atomic E-state index is 0.503. The molecule has 1 fully saturated rings. The van der Waals surface area contributed by atoms with Crippen LogP contribution in [0.25, 0.3) is 11.5 Å². The molecule has 1 aliphatic carbocycles. The maximum atomic E-state index is 5.89. The van der Waals surface area contributed by atoms with Crippen molar-refractivity contribution in [1.29, 1.82) is 0 Å². The molecule has 19 heavy (non-hydrogen) atoms. The Morgan fingerprint density at radius 2 is 1.95 bits per heavy atom. The summed E-state index contributed by atoms with van der Waals surface area (Å²) < 4.78 is 0. The van der Waals surface area contributed by atoms with Crippen molar-refractivity contribution in [2.75, 3.05) is 5.73 Å². The lowest BCUT2D eigenvalue weighted by Crippen LogP contribution is -2.04. The Hall–Kier alpha value is -1.68. The summed E-state index contributed by atoms with van der Waals surface area (Å²) in [6, 6.07) is 5.48. The summed E-state index contributed by atoms with van der Waals surface area (Å²) in [7, 11) is 0. The smallest absolute Gasteiger partial charge is 0.180 e. The third kappa shape index (κ3) is 2.68. The predicted molar refractivity (Wildman–Crippen MR) is 75.9 cm³/mol. The Labute approximate surface area is 117 Å². The minimum atomic E-state index is 0.503. The van der Waals surface area contributed by atoms with Crippen LogP contribution < -0.4 is 5.73 Å². The van der Waals surface area contributed by atoms with Crippen molar-refractivity contribution in [3.8, 4) is 11.5 Å². The lowest BCUT2D eigenvalue weighted by atomic mass is 10.0. The standard InChI is InChI=1S/C14H15ClN4/c15-10-5-6-11(17-8-10)14-18-12(7-13(16)19-14)9-3-1-2-4-9/h5-9H,1-4H2,(H2,16,18,19). The number of hydrogen-bond acceptors (Lipinski definition) is 4.